The van der Waals surface area contributed by atoms with Gasteiger partial charge < -0.3 is 10.6 Å². The van der Waals surface area contributed by atoms with Gasteiger partial charge in [0.15, 0.2) is 4.34 Å². The van der Waals surface area contributed by atoms with Crippen LogP contribution in [-0.4, -0.2) is 27.8 Å². The largest absolute Gasteiger partial charge is 0.324 e. The molecule has 0 fully saturated rings. The predicted octanol–water partition coefficient (Wildman–Crippen LogP) is 5.26. The molecule has 10 heteroatoms. The molecule has 0 saturated heterocycles. The lowest BCUT2D eigenvalue weighted by atomic mass is 10.1. The Kier molecular flexibility index (Phi) is 8.05. The summed E-state index contributed by atoms with van der Waals surface area (Å²) in [6, 6.07) is 15.0. The van der Waals surface area contributed by atoms with E-state index in [4.69, 9.17) is 11.6 Å². The number of hydrogen-bond acceptors (Lipinski definition) is 6. The summed E-state index contributed by atoms with van der Waals surface area (Å²) in [5.41, 5.74) is 1.65. The lowest BCUT2D eigenvalue weighted by molar-refractivity contribution is -0.116. The van der Waals surface area contributed by atoms with E-state index in [1.165, 1.54) is 23.1 Å². The van der Waals surface area contributed by atoms with Crippen LogP contribution >= 0.6 is 50.6 Å². The number of halogens is 2. The van der Waals surface area contributed by atoms with Crippen LogP contribution in [0.3, 0.4) is 0 Å². The fourth-order valence-electron chi connectivity index (χ4n) is 2.31. The Morgan fingerprint density at radius 2 is 1.86 bits per heavy atom. The van der Waals surface area contributed by atoms with Crippen molar-refractivity contribution in [3.8, 4) is 0 Å². The van der Waals surface area contributed by atoms with Crippen molar-refractivity contribution in [1.82, 2.24) is 10.2 Å². The van der Waals surface area contributed by atoms with Crippen molar-refractivity contribution < 1.29 is 9.59 Å². The highest BCUT2D eigenvalue weighted by atomic mass is 79.9. The molecule has 0 aliphatic heterocycles. The molecule has 0 aliphatic carbocycles. The number of amides is 2. The van der Waals surface area contributed by atoms with Crippen molar-refractivity contribution in [1.29, 1.82) is 0 Å². The summed E-state index contributed by atoms with van der Waals surface area (Å²) in [6.45, 7) is 0. The molecule has 1 heterocycles. The van der Waals surface area contributed by atoms with Gasteiger partial charge in [-0.25, -0.2) is 0 Å². The fourth-order valence-corrected chi connectivity index (χ4v) is 4.60. The van der Waals surface area contributed by atoms with Gasteiger partial charge in [0.05, 0.1) is 16.5 Å². The molecule has 6 nitrogen and oxygen atoms in total. The summed E-state index contributed by atoms with van der Waals surface area (Å²) in [6.07, 6.45) is 1.02. The molecule has 2 N–H and O–H groups in total. The molecule has 2 aromatic carbocycles. The Bertz CT molecular complexity index is 1000. The Morgan fingerprint density at radius 1 is 1.07 bits per heavy atom. The molecule has 0 unspecified atom stereocenters. The first kappa shape index (κ1) is 21.8. The van der Waals surface area contributed by atoms with Gasteiger partial charge in [-0.2, -0.15) is 0 Å². The molecule has 0 aliphatic rings. The number of thioether (sulfide) groups is 1. The lowest BCUT2D eigenvalue weighted by Gasteiger charge is -2.06. The zero-order valence-corrected chi connectivity index (χ0v) is 19.0. The van der Waals surface area contributed by atoms with Gasteiger partial charge in [-0.15, -0.1) is 10.2 Å². The number of aromatic nitrogens is 2. The van der Waals surface area contributed by atoms with Gasteiger partial charge in [0.1, 0.15) is 0 Å². The number of anilines is 2. The summed E-state index contributed by atoms with van der Waals surface area (Å²) in [4.78, 5) is 24.2. The third-order valence-electron chi connectivity index (χ3n) is 3.67. The normalized spacial score (nSPS) is 10.6. The molecule has 0 radical (unpaired) electrons. The van der Waals surface area contributed by atoms with Crippen LogP contribution in [0.2, 0.25) is 5.02 Å². The van der Waals surface area contributed by atoms with Crippen LogP contribution < -0.4 is 10.6 Å². The molecule has 2 amide bonds. The minimum absolute atomic E-state index is 0.121. The first-order chi connectivity index (χ1) is 14.0. The van der Waals surface area contributed by atoms with E-state index in [9.17, 15) is 9.59 Å². The van der Waals surface area contributed by atoms with E-state index >= 15 is 0 Å². The molecule has 0 bridgehead atoms. The number of nitrogens with one attached hydrogen (secondary N) is 2. The minimum Gasteiger partial charge on any atom is -0.324 e. The maximum absolute atomic E-state index is 12.1. The average Bonchev–Trinajstić information content (AvgIpc) is 3.15. The van der Waals surface area contributed by atoms with E-state index in [2.05, 4.69) is 36.8 Å². The highest BCUT2D eigenvalue weighted by Gasteiger charge is 2.12. The standard InChI is InChI=1S/C19H16BrClN4O2S2/c20-13-7-8-15(14(21)10-13)22-17(27)11-28-19-25-24-18(29-19)23-16(26)9-6-12-4-2-1-3-5-12/h1-5,7-8,10H,6,9,11H2,(H,22,27)(H,23,24,26). The summed E-state index contributed by atoms with van der Waals surface area (Å²) >= 11 is 11.9. The van der Waals surface area contributed by atoms with Crippen molar-refractivity contribution in [2.24, 2.45) is 0 Å². The van der Waals surface area contributed by atoms with Crippen molar-refractivity contribution in [2.45, 2.75) is 17.2 Å². The first-order valence-electron chi connectivity index (χ1n) is 8.54. The Morgan fingerprint density at radius 3 is 2.62 bits per heavy atom. The molecule has 0 saturated carbocycles. The maximum Gasteiger partial charge on any atom is 0.234 e. The quantitative estimate of drug-likeness (QED) is 0.318. The second-order valence-electron chi connectivity index (χ2n) is 5.87. The van der Waals surface area contributed by atoms with Crippen LogP contribution in [-0.2, 0) is 16.0 Å². The fraction of sp³-hybridized carbons (Fsp3) is 0.158. The van der Waals surface area contributed by atoms with Gasteiger partial charge in [-0.3, -0.25) is 9.59 Å². The average molecular weight is 512 g/mol. The van der Waals surface area contributed by atoms with Gasteiger partial charge >= 0.3 is 0 Å². The molecule has 3 aromatic rings. The van der Waals surface area contributed by atoms with E-state index in [1.54, 1.807) is 18.2 Å². The van der Waals surface area contributed by atoms with E-state index in [-0.39, 0.29) is 17.6 Å². The highest BCUT2D eigenvalue weighted by Crippen LogP contribution is 2.28. The first-order valence-corrected chi connectivity index (χ1v) is 11.5. The van der Waals surface area contributed by atoms with Gasteiger partial charge in [0.25, 0.3) is 0 Å². The van der Waals surface area contributed by atoms with Gasteiger partial charge in [-0.1, -0.05) is 81.0 Å². The zero-order chi connectivity index (χ0) is 20.6. The monoisotopic (exact) mass is 510 g/mol. The molecule has 3 rings (SSSR count). The smallest absolute Gasteiger partial charge is 0.234 e. The molecule has 29 heavy (non-hydrogen) atoms. The predicted molar refractivity (Wildman–Crippen MR) is 122 cm³/mol. The lowest BCUT2D eigenvalue weighted by Crippen LogP contribution is -2.14. The Balaban J connectivity index is 1.43. The maximum atomic E-state index is 12.1. The molecule has 0 atom stereocenters. The van der Waals surface area contributed by atoms with Crippen molar-refractivity contribution >= 4 is 73.3 Å². The van der Waals surface area contributed by atoms with Gasteiger partial charge in [0, 0.05) is 10.9 Å². The number of benzene rings is 2. The number of carbonyl (C=O) groups is 2. The SMILES string of the molecule is O=C(CCc1ccccc1)Nc1nnc(SCC(=O)Nc2ccc(Br)cc2Cl)s1. The summed E-state index contributed by atoms with van der Waals surface area (Å²) in [5.74, 6) is -0.171. The zero-order valence-electron chi connectivity index (χ0n) is 15.0. The number of nitrogens with zero attached hydrogens (tertiary/aromatic N) is 2. The van der Waals surface area contributed by atoms with Gasteiger partial charge in [0.2, 0.25) is 16.9 Å². The molecular formula is C19H16BrClN4O2S2. The Hall–Kier alpha value is -1.94. The van der Waals surface area contributed by atoms with E-state index < -0.39 is 0 Å². The van der Waals surface area contributed by atoms with Crippen LogP contribution in [0.15, 0.2) is 57.3 Å². The van der Waals surface area contributed by atoms with Crippen molar-refractivity contribution in [3.63, 3.8) is 0 Å². The van der Waals surface area contributed by atoms with Crippen LogP contribution in [0.1, 0.15) is 12.0 Å². The number of aryl methyl sites for hydroxylation is 1. The van der Waals surface area contributed by atoms with Crippen LogP contribution in [0.4, 0.5) is 10.8 Å². The third kappa shape index (κ3) is 7.11. The van der Waals surface area contributed by atoms with E-state index in [1.807, 2.05) is 30.3 Å². The van der Waals surface area contributed by atoms with Crippen LogP contribution in [0.25, 0.3) is 0 Å². The number of rotatable bonds is 8. The topological polar surface area (TPSA) is 84.0 Å². The summed E-state index contributed by atoms with van der Waals surface area (Å²) in [5, 5.41) is 14.3. The van der Waals surface area contributed by atoms with E-state index in [0.29, 0.717) is 33.0 Å². The van der Waals surface area contributed by atoms with Crippen LogP contribution in [0, 0.1) is 0 Å². The van der Waals surface area contributed by atoms with Crippen molar-refractivity contribution in [2.75, 3.05) is 16.4 Å². The highest BCUT2D eigenvalue weighted by molar-refractivity contribution is 9.10. The second-order valence-corrected chi connectivity index (χ2v) is 9.39. The second kappa shape index (κ2) is 10.7. The molecule has 150 valence electrons. The molecule has 0 spiro atoms. The Labute approximate surface area is 189 Å². The minimum atomic E-state index is -0.206. The molecular weight excluding hydrogens is 496 g/mol. The van der Waals surface area contributed by atoms with Crippen molar-refractivity contribution in [3.05, 3.63) is 63.6 Å². The van der Waals surface area contributed by atoms with Gasteiger partial charge in [-0.05, 0) is 30.2 Å². The van der Waals surface area contributed by atoms with E-state index in [0.717, 1.165) is 10.0 Å². The number of carbonyl (C=O) groups excluding carboxylic acids is 2. The molecule has 1 aromatic heterocycles. The van der Waals surface area contributed by atoms with Crippen LogP contribution in [0.5, 0.6) is 0 Å². The summed E-state index contributed by atoms with van der Waals surface area (Å²) in [7, 11) is 0. The summed E-state index contributed by atoms with van der Waals surface area (Å²) < 4.78 is 1.43. The number of hydrogen-bond donors (Lipinski definition) is 2. The third-order valence-corrected chi connectivity index (χ3v) is 6.45.